The molecule has 1 unspecified atom stereocenters. The van der Waals surface area contributed by atoms with Crippen LogP contribution in [0.4, 0.5) is 5.82 Å². The lowest BCUT2D eigenvalue weighted by molar-refractivity contribution is -0.115. The molecule has 2 aromatic rings. The molecule has 2 fully saturated rings. The van der Waals surface area contributed by atoms with Crippen LogP contribution in [0.25, 0.3) is 17.3 Å². The van der Waals surface area contributed by atoms with Gasteiger partial charge in [0.1, 0.15) is 5.75 Å². The number of anilines is 1. The van der Waals surface area contributed by atoms with Gasteiger partial charge in [0.2, 0.25) is 5.91 Å². The van der Waals surface area contributed by atoms with Crippen LogP contribution in [-0.4, -0.2) is 41.3 Å². The summed E-state index contributed by atoms with van der Waals surface area (Å²) < 4.78 is 0. The van der Waals surface area contributed by atoms with Crippen LogP contribution >= 0.6 is 0 Å². The van der Waals surface area contributed by atoms with E-state index in [-0.39, 0.29) is 11.7 Å². The highest BCUT2D eigenvalue weighted by molar-refractivity contribution is 5.91. The van der Waals surface area contributed by atoms with Gasteiger partial charge in [-0.2, -0.15) is 0 Å². The minimum Gasteiger partial charge on any atom is -0.507 e. The van der Waals surface area contributed by atoms with Gasteiger partial charge < -0.3 is 15.3 Å². The molecular weight excluding hydrogens is 388 g/mol. The monoisotopic (exact) mass is 420 g/mol. The van der Waals surface area contributed by atoms with Crippen molar-refractivity contribution in [1.29, 1.82) is 0 Å². The maximum Gasteiger partial charge on any atom is 0.243 e. The molecule has 6 heteroatoms. The van der Waals surface area contributed by atoms with E-state index < -0.39 is 0 Å². The number of nitrogens with zero attached hydrogens (tertiary/aromatic N) is 3. The number of amides is 1. The average molecular weight is 421 g/mol. The fourth-order valence-corrected chi connectivity index (χ4v) is 5.61. The van der Waals surface area contributed by atoms with E-state index in [2.05, 4.69) is 41.3 Å². The molecule has 2 bridgehead atoms. The van der Waals surface area contributed by atoms with Crippen molar-refractivity contribution in [2.45, 2.75) is 52.0 Å². The summed E-state index contributed by atoms with van der Waals surface area (Å²) in [7, 11) is 3.70. The van der Waals surface area contributed by atoms with Gasteiger partial charge in [-0.05, 0) is 78.8 Å². The Hall–Kier alpha value is -2.89. The molecule has 0 aliphatic heterocycles. The van der Waals surface area contributed by atoms with Crippen LogP contribution in [0.15, 0.2) is 36.4 Å². The molecule has 0 spiro atoms. The predicted octanol–water partition coefficient (Wildman–Crippen LogP) is 4.40. The molecule has 2 aliphatic rings. The van der Waals surface area contributed by atoms with Gasteiger partial charge in [-0.1, -0.05) is 19.9 Å². The molecule has 0 saturated heterocycles. The Morgan fingerprint density at radius 2 is 1.87 bits per heavy atom. The van der Waals surface area contributed by atoms with Crippen LogP contribution in [-0.2, 0) is 4.79 Å². The van der Waals surface area contributed by atoms with Crippen LogP contribution in [0.2, 0.25) is 0 Å². The molecule has 6 nitrogen and oxygen atoms in total. The second-order valence-corrected chi connectivity index (χ2v) is 9.97. The second kappa shape index (κ2) is 7.98. The first kappa shape index (κ1) is 21.3. The first-order chi connectivity index (χ1) is 14.7. The zero-order valence-electron chi connectivity index (χ0n) is 18.9. The van der Waals surface area contributed by atoms with Crippen molar-refractivity contribution < 1.29 is 9.90 Å². The topological polar surface area (TPSA) is 78.4 Å². The van der Waals surface area contributed by atoms with Crippen molar-refractivity contribution in [3.63, 3.8) is 0 Å². The molecular formula is C25H32N4O2. The molecule has 164 valence electrons. The summed E-state index contributed by atoms with van der Waals surface area (Å²) in [5.74, 6) is 0.786. The van der Waals surface area contributed by atoms with E-state index in [1.165, 1.54) is 38.2 Å². The van der Waals surface area contributed by atoms with Crippen molar-refractivity contribution in [2.75, 3.05) is 19.0 Å². The van der Waals surface area contributed by atoms with Gasteiger partial charge in [-0.3, -0.25) is 4.79 Å². The summed E-state index contributed by atoms with van der Waals surface area (Å²) in [6, 6.07) is 9.64. The minimum absolute atomic E-state index is 0.110. The number of likely N-dealkylation sites (N-methyl/N-ethyl adjacent to an activating group) is 1. The molecule has 2 saturated carbocycles. The van der Waals surface area contributed by atoms with E-state index in [0.29, 0.717) is 28.1 Å². The van der Waals surface area contributed by atoms with Gasteiger partial charge >= 0.3 is 0 Å². The Morgan fingerprint density at radius 1 is 1.16 bits per heavy atom. The molecule has 1 heterocycles. The highest BCUT2D eigenvalue weighted by Gasteiger charge is 2.49. The van der Waals surface area contributed by atoms with Crippen molar-refractivity contribution in [3.05, 3.63) is 42.0 Å². The number of carbonyl (C=O) groups is 1. The number of aromatic nitrogens is 2. The van der Waals surface area contributed by atoms with Crippen LogP contribution in [0.1, 0.15) is 51.5 Å². The first-order valence-corrected chi connectivity index (χ1v) is 11.0. The number of carbonyl (C=O) groups excluding carboxylic acids is 1. The number of aromatic hydroxyl groups is 1. The van der Waals surface area contributed by atoms with Crippen molar-refractivity contribution in [2.24, 2.45) is 10.8 Å². The van der Waals surface area contributed by atoms with Crippen molar-refractivity contribution in [1.82, 2.24) is 15.5 Å². The van der Waals surface area contributed by atoms with Crippen LogP contribution in [0, 0.1) is 10.8 Å². The van der Waals surface area contributed by atoms with Gasteiger partial charge in [0.25, 0.3) is 0 Å². The summed E-state index contributed by atoms with van der Waals surface area (Å²) >= 11 is 0. The average Bonchev–Trinajstić information content (AvgIpc) is 2.98. The number of phenols is 1. The van der Waals surface area contributed by atoms with Crippen LogP contribution < -0.4 is 10.2 Å². The van der Waals surface area contributed by atoms with E-state index in [4.69, 9.17) is 0 Å². The number of benzene rings is 1. The third-order valence-electron chi connectivity index (χ3n) is 7.17. The van der Waals surface area contributed by atoms with Gasteiger partial charge in [-0.25, -0.2) is 0 Å². The van der Waals surface area contributed by atoms with Gasteiger partial charge in [-0.15, -0.1) is 10.2 Å². The molecule has 1 amide bonds. The van der Waals surface area contributed by atoms with E-state index >= 15 is 0 Å². The summed E-state index contributed by atoms with van der Waals surface area (Å²) in [5, 5.41) is 21.9. The molecule has 3 atom stereocenters. The number of nitrogens with one attached hydrogen (secondary N) is 1. The minimum atomic E-state index is -0.192. The zero-order valence-corrected chi connectivity index (χ0v) is 18.9. The number of phenolic OH excluding ortho intramolecular Hbond substituents is 1. The highest BCUT2D eigenvalue weighted by Crippen LogP contribution is 2.58. The molecule has 1 aromatic heterocycles. The maximum absolute atomic E-state index is 11.4. The standard InChI is InChI=1S/C25H32N4O2/c1-24-11-12-25(2,16-24)15-18(14-24)29(4)22-9-8-20(27-28-22)19-7-5-17(13-21(19)30)6-10-23(31)26-3/h5-10,13,18,30H,11-12,14-16H2,1-4H3,(H,26,31)/b10-6+/t18?,24-,25+. The molecule has 0 radical (unpaired) electrons. The first-order valence-electron chi connectivity index (χ1n) is 11.0. The maximum atomic E-state index is 11.4. The SMILES string of the molecule is CNC(=O)/C=C/c1ccc(-c2ccc(N(C)C3C[C@]4(C)CC[C@](C)(C3)C4)nn2)c(O)c1. The van der Waals surface area contributed by atoms with Gasteiger partial charge in [0, 0.05) is 31.8 Å². The van der Waals surface area contributed by atoms with Crippen molar-refractivity contribution >= 4 is 17.8 Å². The summed E-state index contributed by atoms with van der Waals surface area (Å²) in [5.41, 5.74) is 2.87. The Bertz CT molecular complexity index is 985. The third-order valence-corrected chi connectivity index (χ3v) is 7.17. The lowest BCUT2D eigenvalue weighted by atomic mass is 9.68. The molecule has 31 heavy (non-hydrogen) atoms. The Balaban J connectivity index is 1.49. The normalized spacial score (nSPS) is 27.4. The highest BCUT2D eigenvalue weighted by atomic mass is 16.3. The summed E-state index contributed by atoms with van der Waals surface area (Å²) in [6.45, 7) is 4.87. The van der Waals surface area contributed by atoms with E-state index in [1.807, 2.05) is 18.2 Å². The predicted molar refractivity (Wildman–Crippen MR) is 124 cm³/mol. The van der Waals surface area contributed by atoms with E-state index in [0.717, 1.165) is 11.4 Å². The lowest BCUT2D eigenvalue weighted by Gasteiger charge is -2.44. The largest absolute Gasteiger partial charge is 0.507 e. The smallest absolute Gasteiger partial charge is 0.243 e. The lowest BCUT2D eigenvalue weighted by Crippen LogP contribution is -2.42. The van der Waals surface area contributed by atoms with Crippen LogP contribution in [0.3, 0.4) is 0 Å². The zero-order chi connectivity index (χ0) is 22.2. The Kier molecular flexibility index (Phi) is 5.50. The number of fused-ring (bicyclic) bond motifs is 2. The molecule has 2 N–H and O–H groups in total. The summed E-state index contributed by atoms with van der Waals surface area (Å²) in [4.78, 5) is 13.6. The van der Waals surface area contributed by atoms with E-state index in [9.17, 15) is 9.90 Å². The number of hydrogen-bond donors (Lipinski definition) is 2. The molecule has 2 aliphatic carbocycles. The number of hydrogen-bond acceptors (Lipinski definition) is 5. The van der Waals surface area contributed by atoms with Crippen LogP contribution in [0.5, 0.6) is 5.75 Å². The second-order valence-electron chi connectivity index (χ2n) is 9.97. The van der Waals surface area contributed by atoms with Gasteiger partial charge in [0.05, 0.1) is 5.69 Å². The number of rotatable bonds is 5. The quantitative estimate of drug-likeness (QED) is 0.701. The van der Waals surface area contributed by atoms with Crippen molar-refractivity contribution in [3.8, 4) is 17.0 Å². The van der Waals surface area contributed by atoms with E-state index in [1.54, 1.807) is 25.3 Å². The fourth-order valence-electron chi connectivity index (χ4n) is 5.61. The summed E-state index contributed by atoms with van der Waals surface area (Å²) in [6.07, 6.45) is 9.48. The third kappa shape index (κ3) is 4.43. The Labute approximate surface area is 184 Å². The Morgan fingerprint density at radius 3 is 2.45 bits per heavy atom. The molecule has 1 aromatic carbocycles. The molecule has 4 rings (SSSR count). The van der Waals surface area contributed by atoms with Gasteiger partial charge in [0.15, 0.2) is 5.82 Å². The fraction of sp³-hybridized carbons (Fsp3) is 0.480.